The first-order chi connectivity index (χ1) is 9.56. The molecule has 0 spiro atoms. The van der Waals surface area contributed by atoms with Crippen LogP contribution in [0.15, 0.2) is 40.8 Å². The van der Waals surface area contributed by atoms with Crippen molar-refractivity contribution in [1.29, 1.82) is 0 Å². The molecule has 0 unspecified atom stereocenters. The van der Waals surface area contributed by atoms with Crippen LogP contribution < -0.4 is 10.1 Å². The molecule has 0 saturated heterocycles. The van der Waals surface area contributed by atoms with Gasteiger partial charge in [-0.1, -0.05) is 12.1 Å². The third-order valence-electron chi connectivity index (χ3n) is 2.44. The summed E-state index contributed by atoms with van der Waals surface area (Å²) < 4.78 is 10.6. The molecule has 20 heavy (non-hydrogen) atoms. The molecule has 1 aromatic heterocycles. The van der Waals surface area contributed by atoms with E-state index in [1.807, 2.05) is 0 Å². The molecule has 0 aliphatic carbocycles. The average Bonchev–Trinajstić information content (AvgIpc) is 2.86. The van der Waals surface area contributed by atoms with Crippen molar-refractivity contribution in [1.82, 2.24) is 0 Å². The van der Waals surface area contributed by atoms with Crippen molar-refractivity contribution in [3.63, 3.8) is 0 Å². The summed E-state index contributed by atoms with van der Waals surface area (Å²) in [6.45, 7) is 1.48. The van der Waals surface area contributed by atoms with Crippen LogP contribution in [0.3, 0.4) is 0 Å². The molecule has 6 heteroatoms. The molecule has 1 amide bonds. The Kier molecular flexibility index (Phi) is 4.05. The summed E-state index contributed by atoms with van der Waals surface area (Å²) in [5.41, 5.74) is 0.546. The number of carboxylic acids is 1. The lowest BCUT2D eigenvalue weighted by molar-refractivity contribution is -0.114. The van der Waals surface area contributed by atoms with E-state index in [1.54, 1.807) is 24.3 Å². The molecule has 0 fully saturated rings. The monoisotopic (exact) mass is 275 g/mol. The fourth-order valence-electron chi connectivity index (χ4n) is 1.60. The first-order valence-electron chi connectivity index (χ1n) is 5.87. The van der Waals surface area contributed by atoms with Crippen LogP contribution in [-0.4, -0.2) is 17.0 Å². The first-order valence-corrected chi connectivity index (χ1v) is 5.87. The maximum Gasteiger partial charge on any atom is 0.371 e. The lowest BCUT2D eigenvalue weighted by Gasteiger charge is -2.10. The van der Waals surface area contributed by atoms with Crippen molar-refractivity contribution in [2.24, 2.45) is 0 Å². The molecule has 0 atom stereocenters. The predicted octanol–water partition coefficient (Wildman–Crippen LogP) is 2.52. The zero-order valence-electron chi connectivity index (χ0n) is 10.8. The summed E-state index contributed by atoms with van der Waals surface area (Å²) in [7, 11) is 0. The van der Waals surface area contributed by atoms with Gasteiger partial charge in [-0.15, -0.1) is 0 Å². The van der Waals surface area contributed by atoms with Crippen molar-refractivity contribution in [2.45, 2.75) is 13.5 Å². The molecule has 0 radical (unpaired) electrons. The van der Waals surface area contributed by atoms with Gasteiger partial charge < -0.3 is 19.6 Å². The molecule has 2 rings (SSSR count). The van der Waals surface area contributed by atoms with Crippen LogP contribution in [0.2, 0.25) is 0 Å². The number of anilines is 1. The molecular formula is C14H13NO5. The van der Waals surface area contributed by atoms with Gasteiger partial charge in [0.15, 0.2) is 0 Å². The third kappa shape index (κ3) is 3.38. The Labute approximate surface area is 115 Å². The van der Waals surface area contributed by atoms with Gasteiger partial charge in [-0.25, -0.2) is 4.79 Å². The third-order valence-corrected chi connectivity index (χ3v) is 2.44. The van der Waals surface area contributed by atoms with Crippen molar-refractivity contribution < 1.29 is 23.8 Å². The number of nitrogens with one attached hydrogen (secondary N) is 1. The fourth-order valence-corrected chi connectivity index (χ4v) is 1.60. The molecule has 0 saturated carbocycles. The minimum Gasteiger partial charge on any atom is -0.483 e. The summed E-state index contributed by atoms with van der Waals surface area (Å²) >= 11 is 0. The Balaban J connectivity index is 2.06. The van der Waals surface area contributed by atoms with E-state index in [9.17, 15) is 9.59 Å². The molecule has 0 aliphatic rings. The number of para-hydroxylation sites is 2. The molecule has 0 bridgehead atoms. The molecule has 1 heterocycles. The number of hydrogen-bond donors (Lipinski definition) is 2. The van der Waals surface area contributed by atoms with Gasteiger partial charge in [-0.3, -0.25) is 4.79 Å². The van der Waals surface area contributed by atoms with E-state index >= 15 is 0 Å². The van der Waals surface area contributed by atoms with E-state index < -0.39 is 5.97 Å². The zero-order chi connectivity index (χ0) is 14.5. The van der Waals surface area contributed by atoms with E-state index in [0.717, 1.165) is 0 Å². The highest BCUT2D eigenvalue weighted by Gasteiger charge is 2.10. The van der Waals surface area contributed by atoms with Crippen LogP contribution >= 0.6 is 0 Å². The van der Waals surface area contributed by atoms with E-state index in [4.69, 9.17) is 14.3 Å². The summed E-state index contributed by atoms with van der Waals surface area (Å²) in [5, 5.41) is 11.4. The molecular weight excluding hydrogens is 262 g/mol. The number of benzene rings is 1. The number of furan rings is 1. The molecule has 1 aromatic carbocycles. The van der Waals surface area contributed by atoms with Crippen LogP contribution in [0.5, 0.6) is 5.75 Å². The lowest BCUT2D eigenvalue weighted by Crippen LogP contribution is -2.07. The highest BCUT2D eigenvalue weighted by atomic mass is 16.5. The number of rotatable bonds is 5. The van der Waals surface area contributed by atoms with Crippen LogP contribution in [0.25, 0.3) is 0 Å². The summed E-state index contributed by atoms with van der Waals surface area (Å²) in [5.74, 6) is -0.600. The van der Waals surface area contributed by atoms with E-state index in [2.05, 4.69) is 5.32 Å². The van der Waals surface area contributed by atoms with Gasteiger partial charge in [0, 0.05) is 6.92 Å². The van der Waals surface area contributed by atoms with Crippen molar-refractivity contribution in [2.75, 3.05) is 5.32 Å². The maximum absolute atomic E-state index is 11.1. The number of amides is 1. The van der Waals surface area contributed by atoms with Crippen molar-refractivity contribution >= 4 is 17.6 Å². The van der Waals surface area contributed by atoms with Gasteiger partial charge in [0.25, 0.3) is 0 Å². The maximum atomic E-state index is 11.1. The van der Waals surface area contributed by atoms with E-state index in [1.165, 1.54) is 19.1 Å². The summed E-state index contributed by atoms with van der Waals surface area (Å²) in [6, 6.07) is 9.85. The van der Waals surface area contributed by atoms with Crippen LogP contribution in [0.4, 0.5) is 5.69 Å². The number of hydrogen-bond acceptors (Lipinski definition) is 4. The Morgan fingerprint density at radius 3 is 2.65 bits per heavy atom. The normalized spacial score (nSPS) is 10.1. The number of carbonyl (C=O) groups excluding carboxylic acids is 1. The van der Waals surface area contributed by atoms with Crippen molar-refractivity contribution in [3.8, 4) is 5.75 Å². The minimum absolute atomic E-state index is 0.0733. The molecule has 6 nitrogen and oxygen atoms in total. The second-order valence-corrected chi connectivity index (χ2v) is 4.04. The SMILES string of the molecule is CC(=O)Nc1ccccc1OCc1ccc(C(=O)O)o1. The van der Waals surface area contributed by atoms with Gasteiger partial charge in [-0.2, -0.15) is 0 Å². The number of carbonyl (C=O) groups is 2. The lowest BCUT2D eigenvalue weighted by atomic mass is 10.3. The standard InChI is InChI=1S/C14H13NO5/c1-9(16)15-11-4-2-3-5-12(11)19-8-10-6-7-13(20-10)14(17)18/h2-7H,8H2,1H3,(H,15,16)(H,17,18). The van der Waals surface area contributed by atoms with Gasteiger partial charge >= 0.3 is 5.97 Å². The Bertz CT molecular complexity index is 632. The van der Waals surface area contributed by atoms with Gasteiger partial charge in [-0.05, 0) is 24.3 Å². The predicted molar refractivity (Wildman–Crippen MR) is 70.7 cm³/mol. The Morgan fingerprint density at radius 2 is 2.00 bits per heavy atom. The van der Waals surface area contributed by atoms with Crippen LogP contribution in [-0.2, 0) is 11.4 Å². The molecule has 2 N–H and O–H groups in total. The zero-order valence-corrected chi connectivity index (χ0v) is 10.8. The average molecular weight is 275 g/mol. The van der Waals surface area contributed by atoms with Crippen LogP contribution in [0, 0.1) is 0 Å². The minimum atomic E-state index is -1.13. The molecule has 2 aromatic rings. The smallest absolute Gasteiger partial charge is 0.371 e. The number of aromatic carboxylic acids is 1. The largest absolute Gasteiger partial charge is 0.483 e. The summed E-state index contributed by atoms with van der Waals surface area (Å²) in [4.78, 5) is 21.7. The quantitative estimate of drug-likeness (QED) is 0.875. The van der Waals surface area contributed by atoms with Gasteiger partial charge in [0.1, 0.15) is 18.1 Å². The molecule has 0 aliphatic heterocycles. The van der Waals surface area contributed by atoms with Crippen LogP contribution in [0.1, 0.15) is 23.2 Å². The first kappa shape index (κ1) is 13.7. The van der Waals surface area contributed by atoms with Gasteiger partial charge in [0.2, 0.25) is 11.7 Å². The summed E-state index contributed by atoms with van der Waals surface area (Å²) in [6.07, 6.45) is 0. The molecule has 104 valence electrons. The van der Waals surface area contributed by atoms with Gasteiger partial charge in [0.05, 0.1) is 5.69 Å². The second-order valence-electron chi connectivity index (χ2n) is 4.04. The Hall–Kier alpha value is -2.76. The fraction of sp³-hybridized carbons (Fsp3) is 0.143. The second kappa shape index (κ2) is 5.92. The number of ether oxygens (including phenoxy) is 1. The van der Waals surface area contributed by atoms with E-state index in [0.29, 0.717) is 17.2 Å². The van der Waals surface area contributed by atoms with E-state index in [-0.39, 0.29) is 18.3 Å². The highest BCUT2D eigenvalue weighted by molar-refractivity contribution is 5.90. The van der Waals surface area contributed by atoms with Crippen molar-refractivity contribution in [3.05, 3.63) is 47.9 Å². The highest BCUT2D eigenvalue weighted by Crippen LogP contribution is 2.24. The topological polar surface area (TPSA) is 88.8 Å². The number of carboxylic acid groups (broad SMARTS) is 1. The Morgan fingerprint density at radius 1 is 1.25 bits per heavy atom.